The van der Waals surface area contributed by atoms with E-state index >= 15 is 0 Å². The minimum atomic E-state index is -4.70. The summed E-state index contributed by atoms with van der Waals surface area (Å²) in [5.41, 5.74) is 1.94. The average molecular weight is 297 g/mol. The van der Waals surface area contributed by atoms with Crippen molar-refractivity contribution in [3.05, 3.63) is 39.4 Å². The van der Waals surface area contributed by atoms with Crippen molar-refractivity contribution in [1.82, 2.24) is 0 Å². The van der Waals surface area contributed by atoms with E-state index in [0.29, 0.717) is 0 Å². The highest BCUT2D eigenvalue weighted by molar-refractivity contribution is 5.85. The predicted molar refractivity (Wildman–Crippen MR) is 60.8 cm³/mol. The highest BCUT2D eigenvalue weighted by Gasteiger charge is 2.65. The van der Waals surface area contributed by atoms with Crippen molar-refractivity contribution in [3.8, 4) is 0 Å². The fourth-order valence-electron chi connectivity index (χ4n) is 1.57. The van der Waals surface area contributed by atoms with Crippen molar-refractivity contribution in [2.24, 2.45) is 16.0 Å². The fraction of sp³-hybridized carbons (Fsp3) is 0.333. The monoisotopic (exact) mass is 296 g/mol. The van der Waals surface area contributed by atoms with Crippen molar-refractivity contribution in [3.63, 3.8) is 0 Å². The molecule has 1 aliphatic rings. The number of benzene rings is 1. The van der Waals surface area contributed by atoms with Gasteiger partial charge in [-0.05, 0) is 0 Å². The average Bonchev–Trinajstić information content (AvgIpc) is 3.08. The third-order valence-electron chi connectivity index (χ3n) is 2.60. The molecule has 0 unspecified atom stereocenters. The number of rotatable bonds is 3. The zero-order valence-electron chi connectivity index (χ0n) is 9.22. The quantitative estimate of drug-likeness (QED) is 0.686. The molecule has 0 aromatic heterocycles. The molecule has 1 aromatic rings. The lowest BCUT2D eigenvalue weighted by Crippen LogP contribution is -2.30. The van der Waals surface area contributed by atoms with Gasteiger partial charge in [-0.25, -0.2) is 0 Å². The standard InChI is InChI=1S/C9H7F3N4O2.ClH/c10-9(11,12)8(14-15-8)6-2-1-5(4-13)7(3-6)16(17)18;/h1-3H,4,13H2;1H. The maximum Gasteiger partial charge on any atom is 0.442 e. The number of hydrogen-bond donors (Lipinski definition) is 1. The Morgan fingerprint density at radius 2 is 1.95 bits per heavy atom. The number of nitrogens with two attached hydrogens (primary N) is 1. The lowest BCUT2D eigenvalue weighted by molar-refractivity contribution is -0.385. The second kappa shape index (κ2) is 4.74. The Morgan fingerprint density at radius 1 is 1.37 bits per heavy atom. The Morgan fingerprint density at radius 3 is 2.32 bits per heavy atom. The van der Waals surface area contributed by atoms with Crippen LogP contribution in [0.2, 0.25) is 0 Å². The van der Waals surface area contributed by atoms with Crippen molar-refractivity contribution in [2.75, 3.05) is 0 Å². The Bertz CT molecular complexity index is 541. The topological polar surface area (TPSA) is 93.9 Å². The summed E-state index contributed by atoms with van der Waals surface area (Å²) >= 11 is 0. The van der Waals surface area contributed by atoms with Gasteiger partial charge in [-0.3, -0.25) is 10.1 Å². The second-order valence-electron chi connectivity index (χ2n) is 3.67. The van der Waals surface area contributed by atoms with Gasteiger partial charge in [-0.1, -0.05) is 12.1 Å². The normalized spacial score (nSPS) is 15.8. The van der Waals surface area contributed by atoms with E-state index in [1.807, 2.05) is 0 Å². The van der Waals surface area contributed by atoms with Gasteiger partial charge in [0, 0.05) is 23.7 Å². The molecule has 0 atom stereocenters. The van der Waals surface area contributed by atoms with Crippen LogP contribution in [-0.2, 0) is 12.2 Å². The van der Waals surface area contributed by atoms with E-state index < -0.39 is 22.4 Å². The predicted octanol–water partition coefficient (Wildman–Crippen LogP) is 2.66. The summed E-state index contributed by atoms with van der Waals surface area (Å²) in [5, 5.41) is 16.7. The first kappa shape index (κ1) is 15.3. The molecule has 104 valence electrons. The van der Waals surface area contributed by atoms with Gasteiger partial charge < -0.3 is 5.73 Å². The molecule has 2 rings (SSSR count). The number of halogens is 4. The molecular formula is C9H8ClF3N4O2. The number of nitro groups is 1. The minimum Gasteiger partial charge on any atom is -0.326 e. The number of alkyl halides is 3. The molecule has 0 amide bonds. The molecular weight excluding hydrogens is 289 g/mol. The molecule has 0 bridgehead atoms. The lowest BCUT2D eigenvalue weighted by atomic mass is 10.00. The zero-order chi connectivity index (χ0) is 13.6. The van der Waals surface area contributed by atoms with Gasteiger partial charge in [-0.15, -0.1) is 22.6 Å². The molecule has 1 aliphatic heterocycles. The van der Waals surface area contributed by atoms with Crippen LogP contribution in [0.1, 0.15) is 11.1 Å². The summed E-state index contributed by atoms with van der Waals surface area (Å²) in [6, 6.07) is 3.10. The Balaban J connectivity index is 0.00000180. The highest BCUT2D eigenvalue weighted by atomic mass is 35.5. The van der Waals surface area contributed by atoms with E-state index in [2.05, 4.69) is 10.2 Å². The van der Waals surface area contributed by atoms with E-state index in [1.54, 1.807) is 0 Å². The van der Waals surface area contributed by atoms with Crippen LogP contribution in [0, 0.1) is 10.1 Å². The van der Waals surface area contributed by atoms with Crippen LogP contribution >= 0.6 is 12.4 Å². The Kier molecular flexibility index (Phi) is 3.82. The Hall–Kier alpha value is -1.74. The van der Waals surface area contributed by atoms with Crippen LogP contribution < -0.4 is 5.73 Å². The van der Waals surface area contributed by atoms with E-state index in [1.165, 1.54) is 6.07 Å². The van der Waals surface area contributed by atoms with E-state index in [-0.39, 0.29) is 30.1 Å². The van der Waals surface area contributed by atoms with Gasteiger partial charge in [0.15, 0.2) is 0 Å². The minimum absolute atomic E-state index is 0. The highest BCUT2D eigenvalue weighted by Crippen LogP contribution is 2.52. The van der Waals surface area contributed by atoms with Gasteiger partial charge in [0.1, 0.15) is 0 Å². The van der Waals surface area contributed by atoms with Crippen LogP contribution in [0.5, 0.6) is 0 Å². The van der Waals surface area contributed by atoms with Gasteiger partial charge in [0.2, 0.25) is 0 Å². The van der Waals surface area contributed by atoms with Gasteiger partial charge in [0.05, 0.1) is 4.92 Å². The fourth-order valence-corrected chi connectivity index (χ4v) is 1.57. The zero-order valence-corrected chi connectivity index (χ0v) is 10.0. The molecule has 6 nitrogen and oxygen atoms in total. The van der Waals surface area contributed by atoms with Crippen LogP contribution in [0.25, 0.3) is 0 Å². The lowest BCUT2D eigenvalue weighted by Gasteiger charge is -2.14. The molecule has 0 radical (unpaired) electrons. The van der Waals surface area contributed by atoms with Gasteiger partial charge >= 0.3 is 11.8 Å². The molecule has 1 aromatic carbocycles. The van der Waals surface area contributed by atoms with Crippen LogP contribution in [0.4, 0.5) is 18.9 Å². The molecule has 0 fully saturated rings. The van der Waals surface area contributed by atoms with Crippen molar-refractivity contribution >= 4 is 18.1 Å². The maximum absolute atomic E-state index is 12.7. The number of nitro benzene ring substituents is 1. The summed E-state index contributed by atoms with van der Waals surface area (Å²) < 4.78 is 38.1. The molecule has 0 saturated carbocycles. The van der Waals surface area contributed by atoms with Crippen LogP contribution in [0.3, 0.4) is 0 Å². The van der Waals surface area contributed by atoms with Crippen molar-refractivity contribution < 1.29 is 18.1 Å². The van der Waals surface area contributed by atoms with Gasteiger partial charge in [-0.2, -0.15) is 13.2 Å². The first-order valence-corrected chi connectivity index (χ1v) is 4.80. The SMILES string of the molecule is Cl.NCc1ccc(C2(C(F)(F)F)N=N2)cc1[N+](=O)[O-]. The summed E-state index contributed by atoms with van der Waals surface area (Å²) in [7, 11) is 0. The smallest absolute Gasteiger partial charge is 0.326 e. The molecule has 0 saturated heterocycles. The summed E-state index contributed by atoms with van der Waals surface area (Å²) in [4.78, 5) is 9.96. The first-order chi connectivity index (χ1) is 8.32. The largest absolute Gasteiger partial charge is 0.442 e. The molecule has 19 heavy (non-hydrogen) atoms. The Labute approximate surface area is 111 Å². The van der Waals surface area contributed by atoms with E-state index in [4.69, 9.17) is 5.73 Å². The van der Waals surface area contributed by atoms with Crippen molar-refractivity contribution in [2.45, 2.75) is 18.4 Å². The van der Waals surface area contributed by atoms with E-state index in [0.717, 1.165) is 12.1 Å². The van der Waals surface area contributed by atoms with Crippen LogP contribution in [0.15, 0.2) is 28.4 Å². The molecule has 0 spiro atoms. The van der Waals surface area contributed by atoms with Crippen LogP contribution in [-0.4, -0.2) is 11.1 Å². The number of nitrogens with zero attached hydrogens (tertiary/aromatic N) is 3. The molecule has 2 N–H and O–H groups in total. The van der Waals surface area contributed by atoms with E-state index in [9.17, 15) is 23.3 Å². The first-order valence-electron chi connectivity index (χ1n) is 4.80. The van der Waals surface area contributed by atoms with Crippen molar-refractivity contribution in [1.29, 1.82) is 0 Å². The third-order valence-corrected chi connectivity index (χ3v) is 2.60. The summed E-state index contributed by atoms with van der Waals surface area (Å²) in [6.07, 6.45) is -4.70. The molecule has 1 heterocycles. The third kappa shape index (κ3) is 2.38. The van der Waals surface area contributed by atoms with Gasteiger partial charge in [0.25, 0.3) is 5.69 Å². The summed E-state index contributed by atoms with van der Waals surface area (Å²) in [5.74, 6) is 0. The maximum atomic E-state index is 12.7. The molecule has 0 aliphatic carbocycles. The second-order valence-corrected chi connectivity index (χ2v) is 3.67. The molecule has 10 heteroatoms. The number of hydrogen-bond acceptors (Lipinski definition) is 5. The summed E-state index contributed by atoms with van der Waals surface area (Å²) in [6.45, 7) is -0.135.